The van der Waals surface area contributed by atoms with Crippen LogP contribution < -0.4 is 5.32 Å². The molecule has 0 saturated carbocycles. The second-order valence-corrected chi connectivity index (χ2v) is 5.47. The molecule has 0 bridgehead atoms. The molecule has 96 valence electrons. The minimum Gasteiger partial charge on any atom is -0.310 e. The van der Waals surface area contributed by atoms with Gasteiger partial charge in [-0.05, 0) is 40.5 Å². The van der Waals surface area contributed by atoms with Gasteiger partial charge in [-0.25, -0.2) is 4.39 Å². The van der Waals surface area contributed by atoms with E-state index in [-0.39, 0.29) is 11.9 Å². The van der Waals surface area contributed by atoms with Crippen molar-refractivity contribution in [3.8, 4) is 0 Å². The molecule has 4 heteroatoms. The Kier molecular flexibility index (Phi) is 5.90. The van der Waals surface area contributed by atoms with E-state index in [1.54, 1.807) is 6.07 Å². The third kappa shape index (κ3) is 3.67. The van der Waals surface area contributed by atoms with E-state index in [1.807, 2.05) is 6.92 Å². The second kappa shape index (κ2) is 6.72. The van der Waals surface area contributed by atoms with Crippen LogP contribution in [0.3, 0.4) is 0 Å². The molecule has 2 atom stereocenters. The van der Waals surface area contributed by atoms with Gasteiger partial charge in [0.2, 0.25) is 0 Å². The lowest BCUT2D eigenvalue weighted by Gasteiger charge is -2.25. The first-order valence-electron chi connectivity index (χ1n) is 5.89. The maximum absolute atomic E-state index is 14.0. The highest BCUT2D eigenvalue weighted by Gasteiger charge is 2.21. The van der Waals surface area contributed by atoms with Crippen molar-refractivity contribution in [3.63, 3.8) is 0 Å². The van der Waals surface area contributed by atoms with Crippen molar-refractivity contribution in [1.82, 2.24) is 5.32 Å². The van der Waals surface area contributed by atoms with E-state index >= 15 is 0 Å². The van der Waals surface area contributed by atoms with Crippen LogP contribution in [0.1, 0.15) is 38.8 Å². The second-order valence-electron chi connectivity index (χ2n) is 4.21. The van der Waals surface area contributed by atoms with Crippen molar-refractivity contribution < 1.29 is 4.39 Å². The Morgan fingerprint density at radius 2 is 2.06 bits per heavy atom. The third-order valence-electron chi connectivity index (χ3n) is 3.01. The number of rotatable bonds is 5. The summed E-state index contributed by atoms with van der Waals surface area (Å²) in [6, 6.07) is 3.15. The normalized spacial score (nSPS) is 14.7. The van der Waals surface area contributed by atoms with E-state index in [2.05, 4.69) is 35.1 Å². The Bertz CT molecular complexity index is 384. The van der Waals surface area contributed by atoms with Crippen molar-refractivity contribution in [1.29, 1.82) is 0 Å². The van der Waals surface area contributed by atoms with E-state index in [9.17, 15) is 4.39 Å². The lowest BCUT2D eigenvalue weighted by Crippen LogP contribution is -2.27. The average Bonchev–Trinajstić information content (AvgIpc) is 2.30. The summed E-state index contributed by atoms with van der Waals surface area (Å²) in [6.07, 6.45) is 0.991. The molecule has 1 aromatic carbocycles. The Morgan fingerprint density at radius 1 is 1.41 bits per heavy atom. The van der Waals surface area contributed by atoms with Crippen LogP contribution in [-0.4, -0.2) is 6.54 Å². The Morgan fingerprint density at radius 3 is 2.59 bits per heavy atom. The molecule has 0 amide bonds. The van der Waals surface area contributed by atoms with Gasteiger partial charge in [0.05, 0.1) is 5.02 Å². The molecular weight excluding hydrogens is 305 g/mol. The zero-order valence-electron chi connectivity index (χ0n) is 10.4. The minimum absolute atomic E-state index is 0.00981. The summed E-state index contributed by atoms with van der Waals surface area (Å²) in [5, 5.41) is 3.87. The standard InChI is InChI=1S/C13H18BrClFN/c1-4-8(3)13(17-5-2)9-6-11(15)10(14)7-12(9)16/h6-8,13,17H,4-5H2,1-3H3. The van der Waals surface area contributed by atoms with Crippen LogP contribution in [0.25, 0.3) is 0 Å². The minimum atomic E-state index is -0.215. The zero-order chi connectivity index (χ0) is 13.0. The van der Waals surface area contributed by atoms with Gasteiger partial charge in [0.15, 0.2) is 0 Å². The van der Waals surface area contributed by atoms with Crippen molar-refractivity contribution in [2.45, 2.75) is 33.2 Å². The Labute approximate surface area is 116 Å². The zero-order valence-corrected chi connectivity index (χ0v) is 12.7. The Hall–Kier alpha value is -0.120. The van der Waals surface area contributed by atoms with Crippen LogP contribution in [0.5, 0.6) is 0 Å². The largest absolute Gasteiger partial charge is 0.310 e. The van der Waals surface area contributed by atoms with Gasteiger partial charge < -0.3 is 5.32 Å². The molecule has 17 heavy (non-hydrogen) atoms. The summed E-state index contributed by atoms with van der Waals surface area (Å²) in [7, 11) is 0. The molecule has 1 nitrogen and oxygen atoms in total. The average molecular weight is 323 g/mol. The van der Waals surface area contributed by atoms with E-state index < -0.39 is 0 Å². The third-order valence-corrected chi connectivity index (χ3v) is 4.21. The van der Waals surface area contributed by atoms with Crippen molar-refractivity contribution in [2.75, 3.05) is 6.54 Å². The predicted molar refractivity (Wildman–Crippen MR) is 75.0 cm³/mol. The van der Waals surface area contributed by atoms with Crippen LogP contribution in [0, 0.1) is 11.7 Å². The summed E-state index contributed by atoms with van der Waals surface area (Å²) < 4.78 is 14.6. The van der Waals surface area contributed by atoms with Crippen LogP contribution in [-0.2, 0) is 0 Å². The van der Waals surface area contributed by atoms with Gasteiger partial charge in [-0.1, -0.05) is 38.8 Å². The number of halogens is 3. The van der Waals surface area contributed by atoms with Crippen LogP contribution >= 0.6 is 27.5 Å². The van der Waals surface area contributed by atoms with Gasteiger partial charge in [-0.15, -0.1) is 0 Å². The number of hydrogen-bond donors (Lipinski definition) is 1. The van der Waals surface area contributed by atoms with Crippen LogP contribution in [0.15, 0.2) is 16.6 Å². The van der Waals surface area contributed by atoms with Crippen LogP contribution in [0.2, 0.25) is 5.02 Å². The fraction of sp³-hybridized carbons (Fsp3) is 0.538. The monoisotopic (exact) mass is 321 g/mol. The molecule has 1 aromatic rings. The molecule has 0 aliphatic rings. The first-order valence-corrected chi connectivity index (χ1v) is 7.06. The first-order chi connectivity index (χ1) is 8.01. The van der Waals surface area contributed by atoms with E-state index in [1.165, 1.54) is 6.07 Å². The Balaban J connectivity index is 3.13. The number of hydrogen-bond acceptors (Lipinski definition) is 1. The van der Waals surface area contributed by atoms with Crippen molar-refractivity contribution in [3.05, 3.63) is 33.0 Å². The summed E-state index contributed by atoms with van der Waals surface area (Å²) in [6.45, 7) is 7.05. The molecule has 0 aliphatic heterocycles. The molecule has 0 heterocycles. The predicted octanol–water partition coefficient (Wildman–Crippen LogP) is 4.94. The quantitative estimate of drug-likeness (QED) is 0.757. The topological polar surface area (TPSA) is 12.0 Å². The van der Waals surface area contributed by atoms with Gasteiger partial charge in [0.1, 0.15) is 5.82 Å². The molecule has 1 N–H and O–H groups in total. The van der Waals surface area contributed by atoms with E-state index in [0.717, 1.165) is 13.0 Å². The molecule has 1 rings (SSSR count). The molecule has 0 spiro atoms. The van der Waals surface area contributed by atoms with Gasteiger partial charge >= 0.3 is 0 Å². The van der Waals surface area contributed by atoms with Gasteiger partial charge in [-0.2, -0.15) is 0 Å². The lowest BCUT2D eigenvalue weighted by molar-refractivity contribution is 0.372. The maximum atomic E-state index is 14.0. The molecule has 2 unspecified atom stereocenters. The summed E-state index contributed by atoms with van der Waals surface area (Å²) in [5.41, 5.74) is 0.648. The van der Waals surface area contributed by atoms with E-state index in [0.29, 0.717) is 21.0 Å². The van der Waals surface area contributed by atoms with Gasteiger partial charge in [-0.3, -0.25) is 0 Å². The van der Waals surface area contributed by atoms with Crippen LogP contribution in [0.4, 0.5) is 4.39 Å². The maximum Gasteiger partial charge on any atom is 0.129 e. The van der Waals surface area contributed by atoms with Crippen molar-refractivity contribution in [2.24, 2.45) is 5.92 Å². The summed E-state index contributed by atoms with van der Waals surface area (Å²) >= 11 is 9.27. The van der Waals surface area contributed by atoms with Crippen molar-refractivity contribution >= 4 is 27.5 Å². The molecule has 0 aromatic heterocycles. The van der Waals surface area contributed by atoms with Gasteiger partial charge in [0, 0.05) is 16.1 Å². The lowest BCUT2D eigenvalue weighted by atomic mass is 9.92. The summed E-state index contributed by atoms with van der Waals surface area (Å²) in [4.78, 5) is 0. The highest BCUT2D eigenvalue weighted by molar-refractivity contribution is 9.10. The highest BCUT2D eigenvalue weighted by atomic mass is 79.9. The molecule has 0 fully saturated rings. The fourth-order valence-corrected chi connectivity index (χ4v) is 2.34. The van der Waals surface area contributed by atoms with E-state index in [4.69, 9.17) is 11.6 Å². The first kappa shape index (κ1) is 14.9. The number of benzene rings is 1. The fourth-order valence-electron chi connectivity index (χ4n) is 1.85. The molecule has 0 saturated heterocycles. The van der Waals surface area contributed by atoms with Gasteiger partial charge in [0.25, 0.3) is 0 Å². The SMILES string of the molecule is CCNC(c1cc(Cl)c(Br)cc1F)C(C)CC. The summed E-state index contributed by atoms with van der Waals surface area (Å²) in [5.74, 6) is 0.147. The number of nitrogens with one attached hydrogen (secondary N) is 1. The molecule has 0 radical (unpaired) electrons. The molecular formula is C13H18BrClFN. The highest BCUT2D eigenvalue weighted by Crippen LogP contribution is 2.32. The smallest absolute Gasteiger partial charge is 0.129 e. The molecule has 0 aliphatic carbocycles.